The second-order valence-corrected chi connectivity index (χ2v) is 7.15. The van der Waals surface area contributed by atoms with Crippen LogP contribution in [0.25, 0.3) is 0 Å². The van der Waals surface area contributed by atoms with E-state index in [4.69, 9.17) is 4.74 Å². The Bertz CT molecular complexity index is 746. The molecule has 7 heteroatoms. The number of benzene rings is 1. The molecule has 0 unspecified atom stereocenters. The number of carbonyl (C=O) groups excluding carboxylic acids is 2. The van der Waals surface area contributed by atoms with Crippen LogP contribution >= 0.6 is 11.3 Å². The smallest absolute Gasteiger partial charge is 0.226 e. The number of rotatable bonds is 7. The number of methoxy groups -OCH3 is 1. The van der Waals surface area contributed by atoms with E-state index in [0.29, 0.717) is 19.5 Å². The molecule has 2 heterocycles. The molecule has 2 aromatic rings. The number of carbonyl (C=O) groups is 2. The first kappa shape index (κ1) is 18.4. The molecule has 0 radical (unpaired) electrons. The van der Waals surface area contributed by atoms with Gasteiger partial charge in [-0.25, -0.2) is 4.98 Å². The molecule has 0 saturated carbocycles. The normalized spacial score (nSPS) is 19.6. The first-order valence-electron chi connectivity index (χ1n) is 8.73. The summed E-state index contributed by atoms with van der Waals surface area (Å²) in [5, 5.41) is 5.89. The van der Waals surface area contributed by atoms with Gasteiger partial charge in [0.15, 0.2) is 0 Å². The van der Waals surface area contributed by atoms with Gasteiger partial charge in [0.1, 0.15) is 5.75 Å². The Morgan fingerprint density at radius 2 is 2.15 bits per heavy atom. The van der Waals surface area contributed by atoms with Crippen LogP contribution in [-0.4, -0.2) is 41.9 Å². The summed E-state index contributed by atoms with van der Waals surface area (Å²) in [6, 6.07) is 7.35. The van der Waals surface area contributed by atoms with Crippen molar-refractivity contribution in [2.45, 2.75) is 25.8 Å². The average molecular weight is 373 g/mol. The van der Waals surface area contributed by atoms with Gasteiger partial charge in [-0.3, -0.25) is 9.59 Å². The van der Waals surface area contributed by atoms with Crippen LogP contribution in [0.1, 0.15) is 30.0 Å². The number of aromatic nitrogens is 1. The largest absolute Gasteiger partial charge is 0.497 e. The molecule has 26 heavy (non-hydrogen) atoms. The fourth-order valence-corrected chi connectivity index (χ4v) is 4.03. The maximum Gasteiger partial charge on any atom is 0.226 e. The van der Waals surface area contributed by atoms with Crippen molar-refractivity contribution in [2.75, 3.05) is 20.2 Å². The highest BCUT2D eigenvalue weighted by Gasteiger charge is 2.43. The van der Waals surface area contributed by atoms with E-state index in [-0.39, 0.29) is 30.2 Å². The summed E-state index contributed by atoms with van der Waals surface area (Å²) in [6.07, 6.45) is 2.71. The third-order valence-corrected chi connectivity index (χ3v) is 5.53. The first-order valence-corrected chi connectivity index (χ1v) is 9.61. The average Bonchev–Trinajstić information content (AvgIpc) is 3.29. The van der Waals surface area contributed by atoms with Crippen molar-refractivity contribution in [3.8, 4) is 5.75 Å². The van der Waals surface area contributed by atoms with E-state index < -0.39 is 0 Å². The maximum absolute atomic E-state index is 12.8. The number of nitrogens with zero attached hydrogens (tertiary/aromatic N) is 2. The van der Waals surface area contributed by atoms with Gasteiger partial charge in [0, 0.05) is 37.5 Å². The molecule has 0 spiro atoms. The highest BCUT2D eigenvalue weighted by atomic mass is 32.1. The van der Waals surface area contributed by atoms with Crippen LogP contribution in [-0.2, 0) is 16.0 Å². The summed E-state index contributed by atoms with van der Waals surface area (Å²) in [5.74, 6) is 0.317. The predicted molar refractivity (Wildman–Crippen MR) is 100 cm³/mol. The van der Waals surface area contributed by atoms with E-state index in [2.05, 4.69) is 10.3 Å². The number of thiazole rings is 1. The van der Waals surface area contributed by atoms with Crippen LogP contribution in [0.4, 0.5) is 0 Å². The predicted octanol–water partition coefficient (Wildman–Crippen LogP) is 2.42. The van der Waals surface area contributed by atoms with Crippen LogP contribution in [0.15, 0.2) is 35.8 Å². The molecular formula is C19H23N3O3S. The fourth-order valence-electron chi connectivity index (χ4n) is 3.41. The lowest BCUT2D eigenvalue weighted by Crippen LogP contribution is -2.36. The molecule has 3 rings (SSSR count). The van der Waals surface area contributed by atoms with Crippen molar-refractivity contribution in [2.24, 2.45) is 5.92 Å². The lowest BCUT2D eigenvalue weighted by atomic mass is 9.92. The van der Waals surface area contributed by atoms with Crippen molar-refractivity contribution >= 4 is 23.2 Å². The molecular weight excluding hydrogens is 350 g/mol. The number of ether oxygens (including phenoxy) is 1. The molecule has 0 aliphatic carbocycles. The van der Waals surface area contributed by atoms with Crippen LogP contribution < -0.4 is 10.1 Å². The number of amides is 2. The van der Waals surface area contributed by atoms with E-state index >= 15 is 0 Å². The van der Waals surface area contributed by atoms with Gasteiger partial charge < -0.3 is 15.0 Å². The summed E-state index contributed by atoms with van der Waals surface area (Å²) in [7, 11) is 1.62. The molecule has 2 atom stereocenters. The summed E-state index contributed by atoms with van der Waals surface area (Å²) in [6.45, 7) is 3.05. The number of likely N-dealkylation sites (tertiary alicyclic amines) is 1. The van der Waals surface area contributed by atoms with Gasteiger partial charge in [0.2, 0.25) is 11.8 Å². The number of hydrogen-bond acceptors (Lipinski definition) is 5. The molecule has 1 aromatic carbocycles. The lowest BCUT2D eigenvalue weighted by Gasteiger charge is -2.27. The highest BCUT2D eigenvalue weighted by molar-refractivity contribution is 7.09. The van der Waals surface area contributed by atoms with E-state index in [1.165, 1.54) is 0 Å². The summed E-state index contributed by atoms with van der Waals surface area (Å²) >= 11 is 1.58. The topological polar surface area (TPSA) is 71.5 Å². The standard InChI is InChI=1S/C19H23N3O3S/c1-3-22-17(23)12-15(18(22)13-4-6-14(25-2)7-5-13)19(24)21-9-8-16-20-10-11-26-16/h4-7,10-11,15,18H,3,8-9,12H2,1-2H3,(H,21,24)/t15-,18+/m1/s1. The van der Waals surface area contributed by atoms with Gasteiger partial charge >= 0.3 is 0 Å². The van der Waals surface area contributed by atoms with E-state index in [1.54, 1.807) is 29.5 Å². The van der Waals surface area contributed by atoms with Crippen molar-refractivity contribution in [3.63, 3.8) is 0 Å². The van der Waals surface area contributed by atoms with E-state index in [1.807, 2.05) is 36.6 Å². The van der Waals surface area contributed by atoms with Crippen molar-refractivity contribution in [1.82, 2.24) is 15.2 Å². The molecule has 6 nitrogen and oxygen atoms in total. The molecule has 0 bridgehead atoms. The Hall–Kier alpha value is -2.41. The summed E-state index contributed by atoms with van der Waals surface area (Å²) < 4.78 is 5.20. The van der Waals surface area contributed by atoms with E-state index in [0.717, 1.165) is 16.3 Å². The Morgan fingerprint density at radius 1 is 1.38 bits per heavy atom. The minimum atomic E-state index is -0.382. The highest BCUT2D eigenvalue weighted by Crippen LogP contribution is 2.38. The molecule has 1 aliphatic heterocycles. The minimum Gasteiger partial charge on any atom is -0.497 e. The second kappa shape index (κ2) is 8.31. The summed E-state index contributed by atoms with van der Waals surface area (Å²) in [4.78, 5) is 31.2. The monoisotopic (exact) mass is 373 g/mol. The SMILES string of the molecule is CCN1C(=O)C[C@@H](C(=O)NCCc2nccs2)[C@@H]1c1ccc(OC)cc1. The maximum atomic E-state index is 12.8. The molecule has 1 aromatic heterocycles. The zero-order chi connectivity index (χ0) is 18.5. The molecule has 2 amide bonds. The van der Waals surface area contributed by atoms with Gasteiger partial charge in [0.25, 0.3) is 0 Å². The first-order chi connectivity index (χ1) is 12.6. The number of nitrogens with one attached hydrogen (secondary N) is 1. The quantitative estimate of drug-likeness (QED) is 0.809. The Morgan fingerprint density at radius 3 is 2.77 bits per heavy atom. The third-order valence-electron chi connectivity index (χ3n) is 4.69. The van der Waals surface area contributed by atoms with Crippen molar-refractivity contribution < 1.29 is 14.3 Å². The van der Waals surface area contributed by atoms with Crippen LogP contribution in [0.3, 0.4) is 0 Å². The molecule has 1 saturated heterocycles. The molecule has 1 N–H and O–H groups in total. The van der Waals surface area contributed by atoms with Gasteiger partial charge in [-0.2, -0.15) is 0 Å². The van der Waals surface area contributed by atoms with Gasteiger partial charge in [-0.1, -0.05) is 12.1 Å². The Kier molecular flexibility index (Phi) is 5.88. The minimum absolute atomic E-state index is 0.0217. The van der Waals surface area contributed by atoms with Crippen molar-refractivity contribution in [3.05, 3.63) is 46.4 Å². The molecule has 138 valence electrons. The van der Waals surface area contributed by atoms with Crippen molar-refractivity contribution in [1.29, 1.82) is 0 Å². The van der Waals surface area contributed by atoms with Gasteiger partial charge in [-0.05, 0) is 24.6 Å². The Balaban J connectivity index is 1.72. The third kappa shape index (κ3) is 3.88. The zero-order valence-electron chi connectivity index (χ0n) is 15.0. The summed E-state index contributed by atoms with van der Waals surface area (Å²) in [5.41, 5.74) is 0.957. The van der Waals surface area contributed by atoms with Crippen LogP contribution in [0.2, 0.25) is 0 Å². The number of hydrogen-bond donors (Lipinski definition) is 1. The molecule has 1 aliphatic rings. The lowest BCUT2D eigenvalue weighted by molar-refractivity contribution is -0.129. The van der Waals surface area contributed by atoms with Gasteiger partial charge in [-0.15, -0.1) is 11.3 Å². The van der Waals surface area contributed by atoms with E-state index in [9.17, 15) is 9.59 Å². The van der Waals surface area contributed by atoms with Crippen LogP contribution in [0.5, 0.6) is 5.75 Å². The molecule has 1 fully saturated rings. The zero-order valence-corrected chi connectivity index (χ0v) is 15.8. The fraction of sp³-hybridized carbons (Fsp3) is 0.421. The second-order valence-electron chi connectivity index (χ2n) is 6.18. The Labute approximate surface area is 157 Å². The van der Waals surface area contributed by atoms with Crippen LogP contribution in [0, 0.1) is 5.92 Å². The van der Waals surface area contributed by atoms with Gasteiger partial charge in [0.05, 0.1) is 24.1 Å².